The third-order valence-electron chi connectivity index (χ3n) is 5.87. The average Bonchev–Trinajstić information content (AvgIpc) is 2.98. The number of hydrogen-bond donors (Lipinski definition) is 1. The van der Waals surface area contributed by atoms with Crippen molar-refractivity contribution in [2.24, 2.45) is 23.2 Å². The van der Waals surface area contributed by atoms with Gasteiger partial charge < -0.3 is 10.2 Å². The summed E-state index contributed by atoms with van der Waals surface area (Å²) in [7, 11) is 2.34. The van der Waals surface area contributed by atoms with Crippen molar-refractivity contribution in [3.8, 4) is 0 Å². The molecule has 2 saturated carbocycles. The Kier molecular flexibility index (Phi) is 5.53. The first kappa shape index (κ1) is 16.3. The van der Waals surface area contributed by atoms with Gasteiger partial charge >= 0.3 is 0 Å². The molecule has 118 valence electrons. The summed E-state index contributed by atoms with van der Waals surface area (Å²) in [5, 5.41) is 3.64. The summed E-state index contributed by atoms with van der Waals surface area (Å²) in [6.07, 6.45) is 7.35. The van der Waals surface area contributed by atoms with Crippen LogP contribution in [0.2, 0.25) is 0 Å². The Morgan fingerprint density at radius 3 is 2.50 bits per heavy atom. The first-order valence-corrected chi connectivity index (χ1v) is 8.84. The van der Waals surface area contributed by atoms with Crippen LogP contribution >= 0.6 is 0 Å². The minimum absolute atomic E-state index is 0.413. The van der Waals surface area contributed by atoms with Crippen LogP contribution in [0, 0.1) is 23.2 Å². The molecule has 20 heavy (non-hydrogen) atoms. The Labute approximate surface area is 126 Å². The van der Waals surface area contributed by atoms with Crippen molar-refractivity contribution in [3.63, 3.8) is 0 Å². The SMILES string of the molecule is CCC(C)(CNC(C)C)CN(C)CC1CC2CCC1C2. The fourth-order valence-electron chi connectivity index (χ4n) is 4.46. The molecule has 1 N–H and O–H groups in total. The summed E-state index contributed by atoms with van der Waals surface area (Å²) < 4.78 is 0. The van der Waals surface area contributed by atoms with E-state index >= 15 is 0 Å². The van der Waals surface area contributed by atoms with Crippen LogP contribution in [0.25, 0.3) is 0 Å². The molecule has 2 aliphatic rings. The van der Waals surface area contributed by atoms with Gasteiger partial charge in [0.25, 0.3) is 0 Å². The van der Waals surface area contributed by atoms with Crippen LogP contribution in [-0.2, 0) is 0 Å². The Balaban J connectivity index is 1.78. The van der Waals surface area contributed by atoms with E-state index in [0.29, 0.717) is 11.5 Å². The van der Waals surface area contributed by atoms with Gasteiger partial charge in [-0.05, 0) is 55.9 Å². The van der Waals surface area contributed by atoms with Gasteiger partial charge in [-0.15, -0.1) is 0 Å². The molecule has 2 fully saturated rings. The van der Waals surface area contributed by atoms with Crippen LogP contribution in [0.4, 0.5) is 0 Å². The van der Waals surface area contributed by atoms with E-state index in [2.05, 4.69) is 45.0 Å². The first-order valence-electron chi connectivity index (χ1n) is 8.84. The van der Waals surface area contributed by atoms with E-state index in [-0.39, 0.29) is 0 Å². The number of rotatable bonds is 8. The maximum atomic E-state index is 3.64. The van der Waals surface area contributed by atoms with Crippen molar-refractivity contribution in [2.75, 3.05) is 26.7 Å². The van der Waals surface area contributed by atoms with E-state index in [1.165, 1.54) is 38.8 Å². The van der Waals surface area contributed by atoms with E-state index in [0.717, 1.165) is 24.3 Å². The smallest absolute Gasteiger partial charge is 0.00444 e. The van der Waals surface area contributed by atoms with Gasteiger partial charge in [0, 0.05) is 25.7 Å². The molecule has 0 heterocycles. The van der Waals surface area contributed by atoms with E-state index in [1.54, 1.807) is 6.42 Å². The maximum Gasteiger partial charge on any atom is 0.00444 e. The molecule has 2 bridgehead atoms. The number of nitrogens with one attached hydrogen (secondary N) is 1. The Morgan fingerprint density at radius 2 is 2.00 bits per heavy atom. The molecule has 2 nitrogen and oxygen atoms in total. The van der Waals surface area contributed by atoms with Crippen LogP contribution in [0.3, 0.4) is 0 Å². The normalized spacial score (nSPS) is 32.2. The quantitative estimate of drug-likeness (QED) is 0.728. The maximum absolute atomic E-state index is 3.64. The standard InChI is InChI=1S/C18H36N2/c1-6-18(4,12-19-14(2)3)13-20(5)11-17-10-15-7-8-16(17)9-15/h14-17,19H,6-13H2,1-5H3. The molecule has 4 unspecified atom stereocenters. The summed E-state index contributed by atoms with van der Waals surface area (Å²) >= 11 is 0. The highest BCUT2D eigenvalue weighted by atomic mass is 15.1. The second-order valence-electron chi connectivity index (χ2n) is 8.33. The Bertz CT molecular complexity index is 302. The minimum atomic E-state index is 0.413. The molecular weight excluding hydrogens is 244 g/mol. The number of fused-ring (bicyclic) bond motifs is 2. The van der Waals surface area contributed by atoms with E-state index < -0.39 is 0 Å². The topological polar surface area (TPSA) is 15.3 Å². The largest absolute Gasteiger partial charge is 0.314 e. The van der Waals surface area contributed by atoms with Gasteiger partial charge in [-0.2, -0.15) is 0 Å². The van der Waals surface area contributed by atoms with E-state index in [4.69, 9.17) is 0 Å². The second kappa shape index (κ2) is 6.79. The molecule has 0 aromatic carbocycles. The Morgan fingerprint density at radius 1 is 1.25 bits per heavy atom. The van der Waals surface area contributed by atoms with E-state index in [9.17, 15) is 0 Å². The molecule has 2 aliphatic carbocycles. The lowest BCUT2D eigenvalue weighted by atomic mass is 9.85. The van der Waals surface area contributed by atoms with Crippen LogP contribution < -0.4 is 5.32 Å². The zero-order valence-electron chi connectivity index (χ0n) is 14.4. The fourth-order valence-corrected chi connectivity index (χ4v) is 4.46. The van der Waals surface area contributed by atoms with Gasteiger partial charge in [0.05, 0.1) is 0 Å². The highest BCUT2D eigenvalue weighted by Gasteiger charge is 2.40. The molecule has 2 heteroatoms. The lowest BCUT2D eigenvalue weighted by molar-refractivity contribution is 0.143. The predicted octanol–water partition coefficient (Wildman–Crippen LogP) is 3.77. The molecule has 0 amide bonds. The fraction of sp³-hybridized carbons (Fsp3) is 1.00. The molecule has 0 saturated heterocycles. The second-order valence-corrected chi connectivity index (χ2v) is 8.33. The van der Waals surface area contributed by atoms with Crippen LogP contribution in [0.5, 0.6) is 0 Å². The minimum Gasteiger partial charge on any atom is -0.314 e. The predicted molar refractivity (Wildman–Crippen MR) is 88.0 cm³/mol. The van der Waals surface area contributed by atoms with Crippen molar-refractivity contribution < 1.29 is 0 Å². The van der Waals surface area contributed by atoms with E-state index in [1.807, 2.05) is 0 Å². The monoisotopic (exact) mass is 280 g/mol. The number of nitrogens with zero attached hydrogens (tertiary/aromatic N) is 1. The lowest BCUT2D eigenvalue weighted by Gasteiger charge is -2.36. The van der Waals surface area contributed by atoms with Gasteiger partial charge in [-0.25, -0.2) is 0 Å². The van der Waals surface area contributed by atoms with Gasteiger partial charge in [0.15, 0.2) is 0 Å². The lowest BCUT2D eigenvalue weighted by Crippen LogP contribution is -2.44. The third-order valence-corrected chi connectivity index (χ3v) is 5.87. The molecule has 0 spiro atoms. The summed E-state index contributed by atoms with van der Waals surface area (Å²) in [6, 6.07) is 0.594. The first-order chi connectivity index (χ1) is 9.42. The van der Waals surface area contributed by atoms with Gasteiger partial charge in [0.2, 0.25) is 0 Å². The zero-order chi connectivity index (χ0) is 14.8. The molecule has 4 atom stereocenters. The third kappa shape index (κ3) is 4.21. The summed E-state index contributed by atoms with van der Waals surface area (Å²) in [5.41, 5.74) is 0.413. The van der Waals surface area contributed by atoms with Crippen LogP contribution in [0.15, 0.2) is 0 Å². The van der Waals surface area contributed by atoms with Crippen molar-refractivity contribution in [1.29, 1.82) is 0 Å². The van der Waals surface area contributed by atoms with Crippen molar-refractivity contribution in [2.45, 2.75) is 65.8 Å². The molecule has 0 aromatic heterocycles. The number of hydrogen-bond acceptors (Lipinski definition) is 2. The molecule has 2 rings (SSSR count). The molecule has 0 aromatic rings. The average molecular weight is 280 g/mol. The molecule has 0 aliphatic heterocycles. The highest BCUT2D eigenvalue weighted by molar-refractivity contribution is 4.91. The summed E-state index contributed by atoms with van der Waals surface area (Å²) in [5.74, 6) is 3.14. The zero-order valence-corrected chi connectivity index (χ0v) is 14.4. The van der Waals surface area contributed by atoms with Gasteiger partial charge in [0.1, 0.15) is 0 Å². The van der Waals surface area contributed by atoms with Crippen LogP contribution in [-0.4, -0.2) is 37.6 Å². The van der Waals surface area contributed by atoms with Crippen molar-refractivity contribution in [3.05, 3.63) is 0 Å². The van der Waals surface area contributed by atoms with Crippen LogP contribution in [0.1, 0.15) is 59.8 Å². The highest BCUT2D eigenvalue weighted by Crippen LogP contribution is 2.48. The molecular formula is C18H36N2. The van der Waals surface area contributed by atoms with Gasteiger partial charge in [-0.3, -0.25) is 0 Å². The Hall–Kier alpha value is -0.0800. The molecule has 0 radical (unpaired) electrons. The van der Waals surface area contributed by atoms with Gasteiger partial charge in [-0.1, -0.05) is 34.1 Å². The summed E-state index contributed by atoms with van der Waals surface area (Å²) in [4.78, 5) is 2.62. The summed E-state index contributed by atoms with van der Waals surface area (Å²) in [6.45, 7) is 13.0. The van der Waals surface area contributed by atoms with Crippen molar-refractivity contribution in [1.82, 2.24) is 10.2 Å². The van der Waals surface area contributed by atoms with Crippen molar-refractivity contribution >= 4 is 0 Å².